The normalized spacial score (nSPS) is 20.6. The molecule has 8 heteroatoms. The van der Waals surface area contributed by atoms with E-state index >= 15 is 0 Å². The molecule has 2 unspecified atom stereocenters. The van der Waals surface area contributed by atoms with Gasteiger partial charge in [0.2, 0.25) is 0 Å². The van der Waals surface area contributed by atoms with E-state index in [4.69, 9.17) is 0 Å². The van der Waals surface area contributed by atoms with Gasteiger partial charge in [-0.05, 0) is 38.0 Å². The number of hydrogen-bond donors (Lipinski definition) is 2. The molecule has 0 bridgehead atoms. The third-order valence-electron chi connectivity index (χ3n) is 6.04. The molecule has 5 nitrogen and oxygen atoms in total. The largest absolute Gasteiger partial charge is 0.481 e. The average Bonchev–Trinajstić information content (AvgIpc) is 3.01. The van der Waals surface area contributed by atoms with Crippen LogP contribution in [0.3, 0.4) is 0 Å². The lowest BCUT2D eigenvalue weighted by Crippen LogP contribution is -2.53. The van der Waals surface area contributed by atoms with Crippen molar-refractivity contribution in [1.29, 1.82) is 0 Å². The number of aliphatic carboxylic acids is 1. The maximum Gasteiger partial charge on any atom is 0.418 e. The lowest BCUT2D eigenvalue weighted by molar-refractivity contribution is -0.149. The molecule has 3 rings (SSSR count). The van der Waals surface area contributed by atoms with Crippen molar-refractivity contribution in [3.05, 3.63) is 77.2 Å². The minimum Gasteiger partial charge on any atom is -0.481 e. The van der Waals surface area contributed by atoms with E-state index < -0.39 is 35.1 Å². The van der Waals surface area contributed by atoms with Crippen molar-refractivity contribution in [3.63, 3.8) is 0 Å². The fraction of sp³-hybridized carbons (Fsp3) is 0.333. The summed E-state index contributed by atoms with van der Waals surface area (Å²) in [6, 6.07) is 5.87. The first-order valence-corrected chi connectivity index (χ1v) is 10.2. The number of allylic oxidation sites excluding steroid dienone is 2. The Hall–Kier alpha value is -3.29. The number of carbonyl (C=O) groups excluding carboxylic acids is 1. The Labute approximate surface area is 184 Å². The summed E-state index contributed by atoms with van der Waals surface area (Å²) in [5.41, 5.74) is -1.24. The lowest BCUT2D eigenvalue weighted by atomic mass is 9.69. The average molecular weight is 446 g/mol. The second-order valence-electron chi connectivity index (χ2n) is 8.22. The van der Waals surface area contributed by atoms with Crippen LogP contribution in [0.2, 0.25) is 0 Å². The fourth-order valence-electron chi connectivity index (χ4n) is 4.31. The Bertz CT molecular complexity index is 1110. The monoisotopic (exact) mass is 446 g/mol. The number of benzene rings is 1. The maximum atomic E-state index is 13.5. The van der Waals surface area contributed by atoms with Crippen LogP contribution in [0.15, 0.2) is 54.6 Å². The fourth-order valence-corrected chi connectivity index (χ4v) is 4.31. The first kappa shape index (κ1) is 23.4. The number of carboxylic acids is 1. The molecule has 1 amide bonds. The molecular weight excluding hydrogens is 421 g/mol. The topological polar surface area (TPSA) is 71.3 Å². The van der Waals surface area contributed by atoms with Crippen molar-refractivity contribution in [1.82, 2.24) is 9.88 Å². The number of aromatic nitrogens is 1. The van der Waals surface area contributed by atoms with Crippen molar-refractivity contribution >= 4 is 11.9 Å². The van der Waals surface area contributed by atoms with Gasteiger partial charge in [0.15, 0.2) is 0 Å². The zero-order valence-electron chi connectivity index (χ0n) is 18.2. The van der Waals surface area contributed by atoms with Crippen molar-refractivity contribution < 1.29 is 27.9 Å². The summed E-state index contributed by atoms with van der Waals surface area (Å²) < 4.78 is 42.0. The number of para-hydroxylation sites is 1. The molecule has 2 N–H and O–H groups in total. The third-order valence-corrected chi connectivity index (χ3v) is 6.04. The van der Waals surface area contributed by atoms with Crippen LogP contribution in [0.25, 0.3) is 5.69 Å². The van der Waals surface area contributed by atoms with Crippen molar-refractivity contribution in [3.8, 4) is 5.69 Å². The molecule has 170 valence electrons. The maximum absolute atomic E-state index is 13.5. The number of carbonyl (C=O) groups is 2. The summed E-state index contributed by atoms with van der Waals surface area (Å²) in [6.07, 6.45) is 1.92. The third kappa shape index (κ3) is 3.85. The quantitative estimate of drug-likeness (QED) is 0.674. The van der Waals surface area contributed by atoms with Gasteiger partial charge in [0.05, 0.1) is 22.9 Å². The molecule has 1 aliphatic rings. The Kier molecular flexibility index (Phi) is 6.09. The summed E-state index contributed by atoms with van der Waals surface area (Å²) in [5.74, 6) is -1.94. The second-order valence-corrected chi connectivity index (χ2v) is 8.22. The Morgan fingerprint density at radius 1 is 1.16 bits per heavy atom. The van der Waals surface area contributed by atoms with Gasteiger partial charge < -0.3 is 15.0 Å². The molecule has 0 spiro atoms. The Morgan fingerprint density at radius 3 is 2.41 bits per heavy atom. The van der Waals surface area contributed by atoms with E-state index in [9.17, 15) is 27.9 Å². The van der Waals surface area contributed by atoms with Gasteiger partial charge in [0.1, 0.15) is 5.41 Å². The van der Waals surface area contributed by atoms with Crippen LogP contribution in [-0.4, -0.2) is 27.6 Å². The van der Waals surface area contributed by atoms with E-state index in [1.807, 2.05) is 0 Å². The smallest absolute Gasteiger partial charge is 0.418 e. The zero-order valence-corrected chi connectivity index (χ0v) is 18.2. The predicted molar refractivity (Wildman–Crippen MR) is 115 cm³/mol. The predicted octanol–water partition coefficient (Wildman–Crippen LogP) is 5.06. The number of nitrogens with one attached hydrogen (secondary N) is 1. The van der Waals surface area contributed by atoms with E-state index in [0.29, 0.717) is 11.4 Å². The van der Waals surface area contributed by atoms with Crippen molar-refractivity contribution in [2.45, 2.75) is 39.9 Å². The molecular formula is C24H25F3N2O3. The van der Waals surface area contributed by atoms with Crippen LogP contribution in [0.4, 0.5) is 13.2 Å². The van der Waals surface area contributed by atoms with Crippen LogP contribution in [-0.2, 0) is 11.0 Å². The van der Waals surface area contributed by atoms with Crippen LogP contribution >= 0.6 is 0 Å². The highest BCUT2D eigenvalue weighted by molar-refractivity contribution is 5.97. The van der Waals surface area contributed by atoms with Crippen LogP contribution < -0.4 is 5.32 Å². The second kappa shape index (κ2) is 8.33. The standard InChI is InChI=1S/C24H25F3N2O3/c1-14(2)23(22(31)32)12-8-7-11-20(23)28-21(30)17-13-15(3)29(16(17)4)19-10-6-5-9-18(19)24(25,26)27/h5-14,20H,1-4H3,(H,28,30)(H,31,32). The van der Waals surface area contributed by atoms with E-state index in [0.717, 1.165) is 6.07 Å². The van der Waals surface area contributed by atoms with E-state index in [1.165, 1.54) is 28.8 Å². The number of nitrogens with zero attached hydrogens (tertiary/aromatic N) is 1. The highest BCUT2D eigenvalue weighted by Crippen LogP contribution is 2.38. The summed E-state index contributed by atoms with van der Waals surface area (Å²) >= 11 is 0. The number of amides is 1. The first-order chi connectivity index (χ1) is 14.9. The molecule has 0 fully saturated rings. The number of aryl methyl sites for hydroxylation is 1. The SMILES string of the molecule is Cc1cc(C(=O)NC2C=CC=CC2(C(=O)O)C(C)C)c(C)n1-c1ccccc1C(F)(F)F. The highest BCUT2D eigenvalue weighted by Gasteiger charge is 2.47. The molecule has 2 atom stereocenters. The number of halogens is 3. The Morgan fingerprint density at radius 2 is 1.81 bits per heavy atom. The first-order valence-electron chi connectivity index (χ1n) is 10.2. The van der Waals surface area contributed by atoms with E-state index in [-0.39, 0.29) is 17.2 Å². The van der Waals surface area contributed by atoms with Crippen molar-refractivity contribution in [2.75, 3.05) is 0 Å². The lowest BCUT2D eigenvalue weighted by Gasteiger charge is -2.38. The van der Waals surface area contributed by atoms with Gasteiger partial charge in [-0.25, -0.2) is 0 Å². The molecule has 0 saturated carbocycles. The number of hydrogen-bond acceptors (Lipinski definition) is 2. The molecule has 1 aromatic carbocycles. The van der Waals surface area contributed by atoms with E-state index in [2.05, 4.69) is 5.32 Å². The molecule has 1 heterocycles. The highest BCUT2D eigenvalue weighted by atomic mass is 19.4. The number of rotatable bonds is 5. The van der Waals surface area contributed by atoms with Gasteiger partial charge >= 0.3 is 12.1 Å². The molecule has 1 aliphatic carbocycles. The van der Waals surface area contributed by atoms with Gasteiger partial charge in [-0.2, -0.15) is 13.2 Å². The summed E-state index contributed by atoms with van der Waals surface area (Å²) in [6.45, 7) is 6.71. The molecule has 0 radical (unpaired) electrons. The van der Waals surface area contributed by atoms with E-state index in [1.54, 1.807) is 52.0 Å². The van der Waals surface area contributed by atoms with Crippen LogP contribution in [0.5, 0.6) is 0 Å². The van der Waals surface area contributed by atoms with Crippen LogP contribution in [0, 0.1) is 25.2 Å². The summed E-state index contributed by atoms with van der Waals surface area (Å²) in [5, 5.41) is 12.7. The zero-order chi connectivity index (χ0) is 23.8. The van der Waals surface area contributed by atoms with Gasteiger partial charge in [-0.15, -0.1) is 0 Å². The molecule has 0 saturated heterocycles. The summed E-state index contributed by atoms with van der Waals surface area (Å²) in [7, 11) is 0. The molecule has 32 heavy (non-hydrogen) atoms. The molecule has 0 aliphatic heterocycles. The molecule has 2 aromatic rings. The van der Waals surface area contributed by atoms with Crippen molar-refractivity contribution in [2.24, 2.45) is 11.3 Å². The minimum atomic E-state index is -4.56. The van der Waals surface area contributed by atoms with Gasteiger partial charge in [0, 0.05) is 11.4 Å². The Balaban J connectivity index is 2.02. The summed E-state index contributed by atoms with van der Waals surface area (Å²) in [4.78, 5) is 25.3. The molecule has 1 aromatic heterocycles. The van der Waals surface area contributed by atoms with Crippen LogP contribution in [0.1, 0.15) is 41.2 Å². The van der Waals surface area contributed by atoms with Gasteiger partial charge in [-0.3, -0.25) is 9.59 Å². The number of alkyl halides is 3. The van der Waals surface area contributed by atoms with Gasteiger partial charge in [0.25, 0.3) is 5.91 Å². The minimum absolute atomic E-state index is 0.0726. The van der Waals surface area contributed by atoms with Gasteiger partial charge in [-0.1, -0.05) is 50.3 Å². The number of carboxylic acid groups (broad SMARTS) is 1.